The van der Waals surface area contributed by atoms with Gasteiger partial charge in [-0.2, -0.15) is 0 Å². The Kier molecular flexibility index (Phi) is 5.02. The molecule has 1 saturated carbocycles. The highest BCUT2D eigenvalue weighted by Crippen LogP contribution is 2.28. The maximum atomic E-state index is 12.2. The Bertz CT molecular complexity index is 366. The fourth-order valence-corrected chi connectivity index (χ4v) is 2.67. The molecule has 114 valence electrons. The zero-order valence-electron chi connectivity index (χ0n) is 12.7. The smallest absolute Gasteiger partial charge is 0.245 e. The van der Waals surface area contributed by atoms with Crippen LogP contribution in [-0.4, -0.2) is 48.6 Å². The standard InChI is InChI=1S/C15H26N2O3/c1-10(2)13-14(18)16-11(3)15(19)17(13)7-4-8-20-9-12-5-6-12/h10-13H,4-9H2,1-3H3,(H,16,18). The van der Waals surface area contributed by atoms with Gasteiger partial charge in [-0.15, -0.1) is 0 Å². The van der Waals surface area contributed by atoms with E-state index in [2.05, 4.69) is 5.32 Å². The van der Waals surface area contributed by atoms with Crippen molar-refractivity contribution in [3.05, 3.63) is 0 Å². The maximum Gasteiger partial charge on any atom is 0.245 e. The number of rotatable bonds is 7. The van der Waals surface area contributed by atoms with Crippen molar-refractivity contribution in [1.29, 1.82) is 0 Å². The molecule has 0 aromatic rings. The summed E-state index contributed by atoms with van der Waals surface area (Å²) in [5.74, 6) is 0.871. The van der Waals surface area contributed by atoms with E-state index in [0.717, 1.165) is 18.9 Å². The number of carbonyl (C=O) groups is 2. The molecule has 2 rings (SSSR count). The maximum absolute atomic E-state index is 12.2. The third-order valence-corrected chi connectivity index (χ3v) is 3.99. The monoisotopic (exact) mass is 282 g/mol. The summed E-state index contributed by atoms with van der Waals surface area (Å²) in [5, 5.41) is 2.75. The van der Waals surface area contributed by atoms with E-state index in [-0.39, 0.29) is 23.8 Å². The molecule has 1 saturated heterocycles. The lowest BCUT2D eigenvalue weighted by atomic mass is 9.97. The molecule has 2 aliphatic rings. The van der Waals surface area contributed by atoms with Crippen molar-refractivity contribution in [3.63, 3.8) is 0 Å². The second-order valence-electron chi connectivity index (χ2n) is 6.32. The molecule has 20 heavy (non-hydrogen) atoms. The second kappa shape index (κ2) is 6.57. The van der Waals surface area contributed by atoms with Gasteiger partial charge < -0.3 is 15.0 Å². The van der Waals surface area contributed by atoms with E-state index >= 15 is 0 Å². The molecule has 0 aromatic heterocycles. The number of hydrogen-bond donors (Lipinski definition) is 1. The van der Waals surface area contributed by atoms with Gasteiger partial charge in [0.05, 0.1) is 0 Å². The summed E-state index contributed by atoms with van der Waals surface area (Å²) < 4.78 is 5.59. The van der Waals surface area contributed by atoms with Crippen LogP contribution in [0, 0.1) is 11.8 Å². The van der Waals surface area contributed by atoms with Crippen molar-refractivity contribution < 1.29 is 14.3 Å². The topological polar surface area (TPSA) is 58.6 Å². The van der Waals surface area contributed by atoms with Gasteiger partial charge in [-0.05, 0) is 38.0 Å². The highest BCUT2D eigenvalue weighted by Gasteiger charge is 2.39. The Morgan fingerprint density at radius 2 is 2.05 bits per heavy atom. The van der Waals surface area contributed by atoms with E-state index in [9.17, 15) is 9.59 Å². The summed E-state index contributed by atoms with van der Waals surface area (Å²) in [5.41, 5.74) is 0. The molecule has 2 unspecified atom stereocenters. The van der Waals surface area contributed by atoms with Crippen LogP contribution in [0.5, 0.6) is 0 Å². The predicted molar refractivity (Wildman–Crippen MR) is 76.1 cm³/mol. The van der Waals surface area contributed by atoms with Crippen molar-refractivity contribution in [1.82, 2.24) is 10.2 Å². The average Bonchev–Trinajstić information content (AvgIpc) is 3.18. The van der Waals surface area contributed by atoms with E-state index in [1.165, 1.54) is 12.8 Å². The zero-order chi connectivity index (χ0) is 14.7. The summed E-state index contributed by atoms with van der Waals surface area (Å²) in [4.78, 5) is 26.0. The minimum Gasteiger partial charge on any atom is -0.381 e. The Morgan fingerprint density at radius 1 is 1.35 bits per heavy atom. The molecule has 1 aliphatic carbocycles. The number of ether oxygens (including phenoxy) is 1. The van der Waals surface area contributed by atoms with Crippen LogP contribution >= 0.6 is 0 Å². The lowest BCUT2D eigenvalue weighted by molar-refractivity contribution is -0.150. The normalized spacial score (nSPS) is 27.1. The van der Waals surface area contributed by atoms with E-state index in [1.807, 2.05) is 13.8 Å². The molecule has 1 aliphatic heterocycles. The predicted octanol–water partition coefficient (Wildman–Crippen LogP) is 1.17. The molecule has 2 atom stereocenters. The fraction of sp³-hybridized carbons (Fsp3) is 0.867. The van der Waals surface area contributed by atoms with Crippen molar-refractivity contribution in [3.8, 4) is 0 Å². The molecule has 2 amide bonds. The van der Waals surface area contributed by atoms with E-state index in [1.54, 1.807) is 11.8 Å². The molecule has 0 spiro atoms. The van der Waals surface area contributed by atoms with Crippen molar-refractivity contribution in [2.24, 2.45) is 11.8 Å². The van der Waals surface area contributed by atoms with Crippen molar-refractivity contribution in [2.45, 2.75) is 52.1 Å². The average molecular weight is 282 g/mol. The Labute approximate surface area is 121 Å². The molecular weight excluding hydrogens is 256 g/mol. The number of piperazine rings is 1. The van der Waals surface area contributed by atoms with Gasteiger partial charge in [0.2, 0.25) is 11.8 Å². The molecule has 1 heterocycles. The number of nitrogens with zero attached hydrogens (tertiary/aromatic N) is 1. The van der Waals surface area contributed by atoms with Crippen LogP contribution in [0.1, 0.15) is 40.0 Å². The SMILES string of the molecule is CC1NC(=O)C(C(C)C)N(CCCOCC2CC2)C1=O. The summed E-state index contributed by atoms with van der Waals surface area (Å²) >= 11 is 0. The number of hydrogen-bond acceptors (Lipinski definition) is 3. The van der Waals surface area contributed by atoms with E-state index in [4.69, 9.17) is 4.74 Å². The summed E-state index contributed by atoms with van der Waals surface area (Å²) in [6, 6.07) is -0.757. The van der Waals surface area contributed by atoms with Crippen LogP contribution in [0.15, 0.2) is 0 Å². The number of carbonyl (C=O) groups excluding carboxylic acids is 2. The largest absolute Gasteiger partial charge is 0.381 e. The molecule has 2 fully saturated rings. The van der Waals surface area contributed by atoms with Gasteiger partial charge >= 0.3 is 0 Å². The molecule has 0 bridgehead atoms. The third kappa shape index (κ3) is 3.72. The van der Waals surface area contributed by atoms with Gasteiger partial charge in [-0.1, -0.05) is 13.8 Å². The second-order valence-corrected chi connectivity index (χ2v) is 6.32. The number of nitrogens with one attached hydrogen (secondary N) is 1. The summed E-state index contributed by atoms with van der Waals surface area (Å²) in [6.07, 6.45) is 3.37. The minimum absolute atomic E-state index is 0.0190. The van der Waals surface area contributed by atoms with Crippen molar-refractivity contribution >= 4 is 11.8 Å². The van der Waals surface area contributed by atoms with Gasteiger partial charge in [-0.25, -0.2) is 0 Å². The van der Waals surface area contributed by atoms with Crippen LogP contribution in [0.2, 0.25) is 0 Å². The third-order valence-electron chi connectivity index (χ3n) is 3.99. The highest BCUT2D eigenvalue weighted by atomic mass is 16.5. The van der Waals surface area contributed by atoms with Gasteiger partial charge in [-0.3, -0.25) is 9.59 Å². The Hall–Kier alpha value is -1.10. The van der Waals surface area contributed by atoms with Crippen LogP contribution in [0.25, 0.3) is 0 Å². The first-order valence-corrected chi connectivity index (χ1v) is 7.69. The van der Waals surface area contributed by atoms with Gasteiger partial charge in [0, 0.05) is 19.8 Å². The van der Waals surface area contributed by atoms with Crippen LogP contribution in [0.3, 0.4) is 0 Å². The number of amides is 2. The quantitative estimate of drug-likeness (QED) is 0.713. The summed E-state index contributed by atoms with van der Waals surface area (Å²) in [6.45, 7) is 7.81. The highest BCUT2D eigenvalue weighted by molar-refractivity contribution is 5.96. The lowest BCUT2D eigenvalue weighted by Crippen LogP contribution is -2.64. The molecule has 0 radical (unpaired) electrons. The van der Waals surface area contributed by atoms with Gasteiger partial charge in [0.1, 0.15) is 12.1 Å². The van der Waals surface area contributed by atoms with E-state index in [0.29, 0.717) is 13.2 Å². The molecule has 0 aromatic carbocycles. The van der Waals surface area contributed by atoms with Crippen LogP contribution < -0.4 is 5.32 Å². The Balaban J connectivity index is 1.83. The molecule has 5 heteroatoms. The van der Waals surface area contributed by atoms with Gasteiger partial charge in [0.25, 0.3) is 0 Å². The molecular formula is C15H26N2O3. The summed E-state index contributed by atoms with van der Waals surface area (Å²) in [7, 11) is 0. The minimum atomic E-state index is -0.412. The van der Waals surface area contributed by atoms with Crippen LogP contribution in [-0.2, 0) is 14.3 Å². The zero-order valence-corrected chi connectivity index (χ0v) is 12.7. The van der Waals surface area contributed by atoms with E-state index < -0.39 is 6.04 Å². The van der Waals surface area contributed by atoms with Gasteiger partial charge in [0.15, 0.2) is 0 Å². The fourth-order valence-electron chi connectivity index (χ4n) is 2.67. The lowest BCUT2D eigenvalue weighted by Gasteiger charge is -2.40. The first-order chi connectivity index (χ1) is 9.50. The van der Waals surface area contributed by atoms with Crippen LogP contribution in [0.4, 0.5) is 0 Å². The molecule has 5 nitrogen and oxygen atoms in total. The first kappa shape index (κ1) is 15.3. The first-order valence-electron chi connectivity index (χ1n) is 7.69. The molecule has 1 N–H and O–H groups in total. The Morgan fingerprint density at radius 3 is 2.65 bits per heavy atom. The van der Waals surface area contributed by atoms with Crippen molar-refractivity contribution in [2.75, 3.05) is 19.8 Å².